The van der Waals surface area contributed by atoms with Crippen molar-refractivity contribution in [3.05, 3.63) is 63.8 Å². The highest BCUT2D eigenvalue weighted by atomic mass is 19.4. The fraction of sp³-hybridized carbons (Fsp3) is 0.320. The zero-order chi connectivity index (χ0) is 27.4. The van der Waals surface area contributed by atoms with E-state index in [0.29, 0.717) is 27.9 Å². The van der Waals surface area contributed by atoms with Gasteiger partial charge in [0.25, 0.3) is 12.0 Å². The van der Waals surface area contributed by atoms with Crippen LogP contribution in [0.5, 0.6) is 5.75 Å². The van der Waals surface area contributed by atoms with Crippen LogP contribution in [0.4, 0.5) is 22.0 Å². The second-order valence-corrected chi connectivity index (χ2v) is 8.50. The number of nitrogens with zero attached hydrogens (tertiary/aromatic N) is 4. The number of benzene rings is 2. The van der Waals surface area contributed by atoms with Crippen LogP contribution < -0.4 is 10.3 Å². The maximum atomic E-state index is 12.9. The van der Waals surface area contributed by atoms with Crippen LogP contribution in [0, 0.1) is 11.3 Å². The van der Waals surface area contributed by atoms with E-state index in [1.54, 1.807) is 24.3 Å². The molecule has 8 nitrogen and oxygen atoms in total. The Hall–Kier alpha value is -4.34. The number of nitrogens with one attached hydrogen (secondary N) is 1. The highest BCUT2D eigenvalue weighted by molar-refractivity contribution is 5.85. The number of imidazole rings is 1. The average molecular weight is 533 g/mol. The van der Waals surface area contributed by atoms with Crippen LogP contribution in [0.25, 0.3) is 21.8 Å². The highest BCUT2D eigenvalue weighted by Gasteiger charge is 2.26. The van der Waals surface area contributed by atoms with Gasteiger partial charge in [-0.1, -0.05) is 18.2 Å². The van der Waals surface area contributed by atoms with Crippen LogP contribution in [-0.2, 0) is 17.8 Å². The van der Waals surface area contributed by atoms with E-state index in [1.807, 2.05) is 6.07 Å². The van der Waals surface area contributed by atoms with E-state index in [0.717, 1.165) is 4.68 Å². The van der Waals surface area contributed by atoms with Crippen LogP contribution in [0.3, 0.4) is 0 Å². The number of nitriles is 1. The first-order valence-electron chi connectivity index (χ1n) is 11.4. The molecule has 2 aromatic heterocycles. The maximum Gasteiger partial charge on any atom is 0.389 e. The first kappa shape index (κ1) is 26.7. The number of H-pyrrole nitrogens is 1. The number of hydrogen-bond donors (Lipinski definition) is 1. The predicted molar refractivity (Wildman–Crippen MR) is 126 cm³/mol. The van der Waals surface area contributed by atoms with Crippen molar-refractivity contribution in [3.63, 3.8) is 0 Å². The van der Waals surface area contributed by atoms with Gasteiger partial charge in [-0.25, -0.2) is 18.4 Å². The summed E-state index contributed by atoms with van der Waals surface area (Å²) in [6, 6.07) is 11.2. The van der Waals surface area contributed by atoms with Crippen LogP contribution in [-0.4, -0.2) is 44.7 Å². The van der Waals surface area contributed by atoms with E-state index < -0.39 is 43.5 Å². The zero-order valence-corrected chi connectivity index (χ0v) is 19.7. The number of carbonyl (C=O) groups excluding carboxylic acids is 1. The number of alkyl halides is 5. The number of aromatic amines is 1. The molecule has 0 saturated heterocycles. The summed E-state index contributed by atoms with van der Waals surface area (Å²) in [6.07, 6.45) is -8.87. The van der Waals surface area contributed by atoms with E-state index in [-0.39, 0.29) is 36.0 Å². The molecule has 198 valence electrons. The number of ether oxygens (including phenoxy) is 1. The maximum absolute atomic E-state index is 12.9. The molecule has 0 saturated carbocycles. The minimum atomic E-state index is -4.37. The minimum Gasteiger partial charge on any atom is -0.486 e. The van der Waals surface area contributed by atoms with Crippen molar-refractivity contribution in [1.29, 1.82) is 5.26 Å². The Morgan fingerprint density at radius 1 is 1.18 bits per heavy atom. The summed E-state index contributed by atoms with van der Waals surface area (Å²) in [5, 5.41) is 14.4. The Labute approximate surface area is 211 Å². The molecule has 0 aliphatic rings. The second kappa shape index (κ2) is 11.0. The van der Waals surface area contributed by atoms with Gasteiger partial charge >= 0.3 is 6.18 Å². The Morgan fingerprint density at radius 3 is 2.61 bits per heavy atom. The third kappa shape index (κ3) is 6.31. The summed E-state index contributed by atoms with van der Waals surface area (Å²) in [5.74, 6) is -0.233. The molecule has 0 fully saturated rings. The van der Waals surface area contributed by atoms with Gasteiger partial charge in [0.15, 0.2) is 5.78 Å². The van der Waals surface area contributed by atoms with Crippen LogP contribution in [0.2, 0.25) is 0 Å². The first-order valence-corrected chi connectivity index (χ1v) is 11.4. The van der Waals surface area contributed by atoms with Crippen molar-refractivity contribution in [3.8, 4) is 11.8 Å². The molecule has 4 rings (SSSR count). The zero-order valence-electron chi connectivity index (χ0n) is 19.7. The number of carbonyl (C=O) groups is 1. The van der Waals surface area contributed by atoms with Crippen LogP contribution in [0.1, 0.15) is 36.3 Å². The van der Waals surface area contributed by atoms with E-state index in [1.165, 1.54) is 12.1 Å². The number of fused-ring (bicyclic) bond motifs is 2. The fourth-order valence-corrected chi connectivity index (χ4v) is 3.97. The normalized spacial score (nSPS) is 11.8. The second-order valence-electron chi connectivity index (χ2n) is 8.50. The highest BCUT2D eigenvalue weighted by Crippen LogP contribution is 2.26. The number of Topliss-reactive ketones (excluding diaryl/α,β-unsaturated/α-hetero) is 1. The van der Waals surface area contributed by atoms with E-state index in [4.69, 9.17) is 4.74 Å². The van der Waals surface area contributed by atoms with Crippen molar-refractivity contribution in [1.82, 2.24) is 19.7 Å². The third-order valence-corrected chi connectivity index (χ3v) is 5.64. The molecule has 4 aromatic rings. The molecule has 13 heteroatoms. The van der Waals surface area contributed by atoms with Gasteiger partial charge in [0.1, 0.15) is 30.8 Å². The van der Waals surface area contributed by atoms with Gasteiger partial charge in [0.05, 0.1) is 34.1 Å². The standard InChI is InChI=1S/C25H20F5N5O3/c26-22(27)13-38-21-9-20-19(8-14(21)11-31)32-23(33-20)10-18-16-5-1-2-6-17(16)24(37)35(34-18)12-15(36)4-3-7-25(28,29)30/h1-2,5-6,8-9,22H,3-4,7,10,12-13H2,(H,32,33). The lowest BCUT2D eigenvalue weighted by molar-refractivity contribution is -0.137. The van der Waals surface area contributed by atoms with Crippen LogP contribution in [0.15, 0.2) is 41.2 Å². The molecule has 0 bridgehead atoms. The van der Waals surface area contributed by atoms with Gasteiger partial charge in [0, 0.05) is 24.3 Å². The number of hydrogen-bond acceptors (Lipinski definition) is 6. The van der Waals surface area contributed by atoms with Crippen LogP contribution >= 0.6 is 0 Å². The quantitative estimate of drug-likeness (QED) is 0.296. The first-order chi connectivity index (χ1) is 18.0. The molecule has 0 unspecified atom stereocenters. The van der Waals surface area contributed by atoms with Gasteiger partial charge in [0.2, 0.25) is 0 Å². The Morgan fingerprint density at radius 2 is 1.92 bits per heavy atom. The molecule has 0 amide bonds. The van der Waals surface area contributed by atoms with Crippen molar-refractivity contribution in [2.45, 2.75) is 44.8 Å². The monoisotopic (exact) mass is 533 g/mol. The van der Waals surface area contributed by atoms with E-state index in [2.05, 4.69) is 15.1 Å². The topological polar surface area (TPSA) is 114 Å². The lowest BCUT2D eigenvalue weighted by Gasteiger charge is -2.10. The SMILES string of the molecule is N#Cc1cc2[nH]c(Cc3nn(CC(=O)CCCC(F)(F)F)c(=O)c4ccccc34)nc2cc1OCC(F)F. The minimum absolute atomic E-state index is 0.0366. The lowest BCUT2D eigenvalue weighted by atomic mass is 10.1. The molecule has 0 radical (unpaired) electrons. The number of aromatic nitrogens is 4. The number of rotatable bonds is 10. The summed E-state index contributed by atoms with van der Waals surface area (Å²) < 4.78 is 68.3. The summed E-state index contributed by atoms with van der Waals surface area (Å²) in [5.41, 5.74) is 0.642. The van der Waals surface area contributed by atoms with Crippen molar-refractivity contribution in [2.75, 3.05) is 6.61 Å². The summed E-state index contributed by atoms with van der Waals surface area (Å²) >= 11 is 0. The Kier molecular flexibility index (Phi) is 7.70. The summed E-state index contributed by atoms with van der Waals surface area (Å²) in [7, 11) is 0. The van der Waals surface area contributed by atoms with Gasteiger partial charge in [-0.15, -0.1) is 0 Å². The molecule has 38 heavy (non-hydrogen) atoms. The molecule has 0 spiro atoms. The molecular weight excluding hydrogens is 513 g/mol. The van der Waals surface area contributed by atoms with Crippen molar-refractivity contribution in [2.24, 2.45) is 0 Å². The average Bonchev–Trinajstić information content (AvgIpc) is 3.25. The van der Waals surface area contributed by atoms with Gasteiger partial charge in [-0.3, -0.25) is 9.59 Å². The fourth-order valence-electron chi connectivity index (χ4n) is 3.97. The number of halogens is 5. The summed E-state index contributed by atoms with van der Waals surface area (Å²) in [4.78, 5) is 32.6. The van der Waals surface area contributed by atoms with E-state index >= 15 is 0 Å². The summed E-state index contributed by atoms with van der Waals surface area (Å²) in [6.45, 7) is -1.37. The van der Waals surface area contributed by atoms with Gasteiger partial charge in [-0.05, 0) is 18.6 Å². The molecule has 0 aliphatic heterocycles. The molecule has 0 aliphatic carbocycles. The molecular formula is C25H20F5N5O3. The van der Waals surface area contributed by atoms with Gasteiger partial charge in [-0.2, -0.15) is 23.5 Å². The molecule has 2 aromatic carbocycles. The largest absolute Gasteiger partial charge is 0.486 e. The third-order valence-electron chi connectivity index (χ3n) is 5.64. The Bertz CT molecular complexity index is 1590. The molecule has 1 N–H and O–H groups in total. The molecule has 2 heterocycles. The smallest absolute Gasteiger partial charge is 0.389 e. The predicted octanol–water partition coefficient (Wildman–Crippen LogP) is 4.68. The Balaban J connectivity index is 1.64. The van der Waals surface area contributed by atoms with Crippen molar-refractivity contribution >= 4 is 27.6 Å². The van der Waals surface area contributed by atoms with Gasteiger partial charge < -0.3 is 9.72 Å². The van der Waals surface area contributed by atoms with E-state index in [9.17, 15) is 36.8 Å². The molecule has 0 atom stereocenters. The lowest BCUT2D eigenvalue weighted by Crippen LogP contribution is -2.28. The number of ketones is 1. The van der Waals surface area contributed by atoms with Crippen molar-refractivity contribution < 1.29 is 31.5 Å².